The van der Waals surface area contributed by atoms with Crippen LogP contribution in [0.1, 0.15) is 35.6 Å². The lowest BCUT2D eigenvalue weighted by molar-refractivity contribution is 0.156. The van der Waals surface area contributed by atoms with Crippen LogP contribution in [0.5, 0.6) is 0 Å². The third kappa shape index (κ3) is 3.40. The van der Waals surface area contributed by atoms with Gasteiger partial charge >= 0.3 is 0 Å². The van der Waals surface area contributed by atoms with E-state index >= 15 is 0 Å². The van der Waals surface area contributed by atoms with E-state index in [1.807, 2.05) is 0 Å². The van der Waals surface area contributed by atoms with Gasteiger partial charge in [-0.3, -0.25) is 4.90 Å². The number of hydrogen-bond acceptors (Lipinski definition) is 3. The predicted molar refractivity (Wildman–Crippen MR) is 86.0 cm³/mol. The third-order valence-corrected chi connectivity index (χ3v) is 4.54. The van der Waals surface area contributed by atoms with Crippen molar-refractivity contribution in [3.63, 3.8) is 0 Å². The molecule has 1 saturated heterocycles. The maximum atomic E-state index is 6.11. The van der Waals surface area contributed by atoms with E-state index in [0.717, 1.165) is 6.54 Å². The van der Waals surface area contributed by atoms with Crippen LogP contribution in [0.4, 0.5) is 0 Å². The first-order valence-electron chi connectivity index (χ1n) is 7.70. The monoisotopic (exact) mass is 275 g/mol. The molecule has 0 aromatic heterocycles. The average molecular weight is 275 g/mol. The Balaban J connectivity index is 2.20. The number of nitrogens with two attached hydrogens (primary N) is 1. The van der Waals surface area contributed by atoms with Gasteiger partial charge in [0.05, 0.1) is 0 Å². The van der Waals surface area contributed by atoms with Crippen molar-refractivity contribution in [1.82, 2.24) is 9.80 Å². The SMILES string of the molecule is Cc1ccc(C(CN)N2CCCC2CN(C)C)cc1C. The lowest BCUT2D eigenvalue weighted by atomic mass is 9.99. The third-order valence-electron chi connectivity index (χ3n) is 4.54. The van der Waals surface area contributed by atoms with Gasteiger partial charge in [0.25, 0.3) is 0 Å². The number of nitrogens with zero attached hydrogens (tertiary/aromatic N) is 2. The lowest BCUT2D eigenvalue weighted by Gasteiger charge is -2.34. The van der Waals surface area contributed by atoms with Crippen LogP contribution in [0.15, 0.2) is 18.2 Å². The van der Waals surface area contributed by atoms with Crippen LogP contribution < -0.4 is 5.73 Å². The quantitative estimate of drug-likeness (QED) is 0.895. The standard InChI is InChI=1S/C17H29N3/c1-13-7-8-15(10-14(13)2)17(11-18)20-9-5-6-16(20)12-19(3)4/h7-8,10,16-17H,5-6,9,11-12,18H2,1-4H3. The Labute approximate surface area is 123 Å². The Morgan fingerprint density at radius 3 is 2.65 bits per heavy atom. The molecule has 2 rings (SSSR count). The molecular weight excluding hydrogens is 246 g/mol. The summed E-state index contributed by atoms with van der Waals surface area (Å²) in [5, 5.41) is 0. The van der Waals surface area contributed by atoms with Crippen molar-refractivity contribution in [3.05, 3.63) is 34.9 Å². The summed E-state index contributed by atoms with van der Waals surface area (Å²) in [5.41, 5.74) is 10.2. The molecule has 1 aliphatic heterocycles. The fourth-order valence-corrected chi connectivity index (χ4v) is 3.32. The molecule has 1 aromatic carbocycles. The molecule has 1 aliphatic rings. The van der Waals surface area contributed by atoms with E-state index in [1.54, 1.807) is 0 Å². The molecule has 0 spiro atoms. The summed E-state index contributed by atoms with van der Waals surface area (Å²) in [4.78, 5) is 4.90. The molecule has 3 heteroatoms. The normalized spacial score (nSPS) is 21.6. The van der Waals surface area contributed by atoms with Crippen LogP contribution in [0, 0.1) is 13.8 Å². The first-order chi connectivity index (χ1) is 9.52. The molecule has 112 valence electrons. The van der Waals surface area contributed by atoms with Crippen LogP contribution in [-0.2, 0) is 0 Å². The minimum absolute atomic E-state index is 0.363. The van der Waals surface area contributed by atoms with Crippen LogP contribution in [0.3, 0.4) is 0 Å². The van der Waals surface area contributed by atoms with Crippen molar-refractivity contribution in [1.29, 1.82) is 0 Å². The van der Waals surface area contributed by atoms with E-state index in [-0.39, 0.29) is 0 Å². The smallest absolute Gasteiger partial charge is 0.0474 e. The predicted octanol–water partition coefficient (Wildman–Crippen LogP) is 2.33. The van der Waals surface area contributed by atoms with Crippen molar-refractivity contribution in [2.45, 2.75) is 38.8 Å². The molecule has 1 heterocycles. The molecule has 20 heavy (non-hydrogen) atoms. The van der Waals surface area contributed by atoms with E-state index < -0.39 is 0 Å². The Bertz CT molecular complexity index is 442. The fourth-order valence-electron chi connectivity index (χ4n) is 3.32. The summed E-state index contributed by atoms with van der Waals surface area (Å²) >= 11 is 0. The number of likely N-dealkylation sites (N-methyl/N-ethyl adjacent to an activating group) is 1. The molecule has 0 amide bonds. The maximum absolute atomic E-state index is 6.11. The van der Waals surface area contributed by atoms with Crippen LogP contribution in [0.25, 0.3) is 0 Å². The zero-order chi connectivity index (χ0) is 14.7. The number of rotatable bonds is 5. The minimum Gasteiger partial charge on any atom is -0.329 e. The Morgan fingerprint density at radius 1 is 1.30 bits per heavy atom. The zero-order valence-electron chi connectivity index (χ0n) is 13.4. The highest BCUT2D eigenvalue weighted by Crippen LogP contribution is 2.30. The van der Waals surface area contributed by atoms with Crippen molar-refractivity contribution >= 4 is 0 Å². The maximum Gasteiger partial charge on any atom is 0.0474 e. The summed E-state index contributed by atoms with van der Waals surface area (Å²) in [6, 6.07) is 7.80. The van der Waals surface area contributed by atoms with Gasteiger partial charge in [-0.05, 0) is 64.0 Å². The van der Waals surface area contributed by atoms with E-state index in [2.05, 4.69) is 55.9 Å². The van der Waals surface area contributed by atoms with Crippen molar-refractivity contribution in [2.24, 2.45) is 5.73 Å². The Morgan fingerprint density at radius 2 is 2.05 bits per heavy atom. The lowest BCUT2D eigenvalue weighted by Crippen LogP contribution is -2.42. The van der Waals surface area contributed by atoms with Crippen molar-refractivity contribution in [2.75, 3.05) is 33.7 Å². The second-order valence-corrected chi connectivity index (χ2v) is 6.39. The first kappa shape index (κ1) is 15.5. The molecule has 1 fully saturated rings. The molecule has 0 aliphatic carbocycles. The highest BCUT2D eigenvalue weighted by atomic mass is 15.2. The fraction of sp³-hybridized carbons (Fsp3) is 0.647. The molecular formula is C17H29N3. The summed E-state index contributed by atoms with van der Waals surface area (Å²) in [6.07, 6.45) is 2.58. The van der Waals surface area contributed by atoms with Crippen LogP contribution >= 0.6 is 0 Å². The van der Waals surface area contributed by atoms with Gasteiger partial charge in [-0.2, -0.15) is 0 Å². The van der Waals surface area contributed by atoms with Crippen molar-refractivity contribution in [3.8, 4) is 0 Å². The highest BCUT2D eigenvalue weighted by Gasteiger charge is 2.31. The summed E-state index contributed by atoms with van der Waals surface area (Å²) < 4.78 is 0. The van der Waals surface area contributed by atoms with Gasteiger partial charge in [-0.15, -0.1) is 0 Å². The average Bonchev–Trinajstić information content (AvgIpc) is 2.82. The van der Waals surface area contributed by atoms with Gasteiger partial charge in [0.2, 0.25) is 0 Å². The van der Waals surface area contributed by atoms with Gasteiger partial charge in [0.1, 0.15) is 0 Å². The summed E-state index contributed by atoms with van der Waals surface area (Å²) in [6.45, 7) is 7.36. The number of aryl methyl sites for hydroxylation is 2. The van der Waals surface area contributed by atoms with Crippen LogP contribution in [0.2, 0.25) is 0 Å². The summed E-state index contributed by atoms with van der Waals surface area (Å²) in [7, 11) is 4.31. The Hall–Kier alpha value is -0.900. The van der Waals surface area contributed by atoms with E-state index in [1.165, 1.54) is 36.1 Å². The Kier molecular flexibility index (Phi) is 5.19. The van der Waals surface area contributed by atoms with Gasteiger partial charge in [-0.1, -0.05) is 18.2 Å². The molecule has 2 unspecified atom stereocenters. The molecule has 3 nitrogen and oxygen atoms in total. The van der Waals surface area contributed by atoms with Crippen molar-refractivity contribution < 1.29 is 0 Å². The molecule has 0 bridgehead atoms. The second-order valence-electron chi connectivity index (χ2n) is 6.39. The number of hydrogen-bond donors (Lipinski definition) is 1. The largest absolute Gasteiger partial charge is 0.329 e. The minimum atomic E-state index is 0.363. The van der Waals surface area contributed by atoms with E-state index in [0.29, 0.717) is 18.6 Å². The summed E-state index contributed by atoms with van der Waals surface area (Å²) in [5.74, 6) is 0. The molecule has 0 saturated carbocycles. The first-order valence-corrected chi connectivity index (χ1v) is 7.70. The second kappa shape index (κ2) is 6.70. The van der Waals surface area contributed by atoms with Gasteiger partial charge in [0, 0.05) is 25.2 Å². The molecule has 1 aromatic rings. The molecule has 2 atom stereocenters. The topological polar surface area (TPSA) is 32.5 Å². The number of benzene rings is 1. The van der Waals surface area contributed by atoms with E-state index in [9.17, 15) is 0 Å². The van der Waals surface area contributed by atoms with Gasteiger partial charge in [0.15, 0.2) is 0 Å². The highest BCUT2D eigenvalue weighted by molar-refractivity contribution is 5.32. The van der Waals surface area contributed by atoms with Gasteiger partial charge in [-0.25, -0.2) is 0 Å². The van der Waals surface area contributed by atoms with E-state index in [4.69, 9.17) is 5.73 Å². The molecule has 2 N–H and O–H groups in total. The number of likely N-dealkylation sites (tertiary alicyclic amines) is 1. The van der Waals surface area contributed by atoms with Gasteiger partial charge < -0.3 is 10.6 Å². The molecule has 0 radical (unpaired) electrons. The van der Waals surface area contributed by atoms with Crippen LogP contribution in [-0.4, -0.2) is 49.6 Å². The zero-order valence-corrected chi connectivity index (χ0v) is 13.4.